The van der Waals surface area contributed by atoms with Crippen LogP contribution in [-0.2, 0) is 0 Å². The van der Waals surface area contributed by atoms with Gasteiger partial charge in [0.15, 0.2) is 0 Å². The second-order valence-electron chi connectivity index (χ2n) is 3.61. The van der Waals surface area contributed by atoms with Crippen molar-refractivity contribution >= 4 is 17.2 Å². The number of hydrogen-bond donors (Lipinski definition) is 1. The number of thiophene rings is 1. The molecule has 0 aliphatic heterocycles. The Bertz CT molecular complexity index is 607. The number of carbonyl (C=O) groups is 1. The van der Waals surface area contributed by atoms with Gasteiger partial charge in [-0.1, -0.05) is 18.2 Å². The van der Waals surface area contributed by atoms with E-state index in [4.69, 9.17) is 5.73 Å². The molecular weight excluding hydrogens is 279 g/mol. The fourth-order valence-corrected chi connectivity index (χ4v) is 2.29. The Labute approximate surface area is 110 Å². The summed E-state index contributed by atoms with van der Waals surface area (Å²) in [7, 11) is 0. The molecule has 0 saturated heterocycles. The first kappa shape index (κ1) is 13.4. The number of hydrogen-bond acceptors (Lipinski definition) is 3. The number of carbonyl (C=O) groups excluding carboxylic acids is 1. The highest BCUT2D eigenvalue weighted by Gasteiger charge is 2.32. The Balaban J connectivity index is 2.41. The van der Waals surface area contributed by atoms with E-state index >= 15 is 0 Å². The number of ether oxygens (including phenoxy) is 1. The summed E-state index contributed by atoms with van der Waals surface area (Å²) in [5.74, 6) is -0.936. The molecule has 7 heteroatoms. The highest BCUT2D eigenvalue weighted by Crippen LogP contribution is 2.35. The largest absolute Gasteiger partial charge is 0.573 e. The smallest absolute Gasteiger partial charge is 0.405 e. The van der Waals surface area contributed by atoms with Crippen molar-refractivity contribution in [1.82, 2.24) is 0 Å². The van der Waals surface area contributed by atoms with Gasteiger partial charge >= 0.3 is 6.36 Å². The first-order chi connectivity index (χ1) is 8.87. The second kappa shape index (κ2) is 4.93. The zero-order valence-corrected chi connectivity index (χ0v) is 10.2. The van der Waals surface area contributed by atoms with E-state index in [-0.39, 0.29) is 16.2 Å². The molecular formula is C12H8F3NO2S. The Hall–Kier alpha value is -2.02. The summed E-state index contributed by atoms with van der Waals surface area (Å²) < 4.78 is 40.8. The summed E-state index contributed by atoms with van der Waals surface area (Å²) in [4.78, 5) is 11.3. The predicted molar refractivity (Wildman–Crippen MR) is 65.0 cm³/mol. The van der Waals surface area contributed by atoms with Crippen molar-refractivity contribution in [3.05, 3.63) is 40.6 Å². The Morgan fingerprint density at radius 3 is 2.53 bits per heavy atom. The molecule has 0 aliphatic carbocycles. The quantitative estimate of drug-likeness (QED) is 0.940. The van der Waals surface area contributed by atoms with Crippen LogP contribution in [0.3, 0.4) is 0 Å². The van der Waals surface area contributed by atoms with Crippen LogP contribution in [0.5, 0.6) is 5.75 Å². The summed E-state index contributed by atoms with van der Waals surface area (Å²) in [6.45, 7) is 0. The first-order valence-corrected chi connectivity index (χ1v) is 5.98. The Morgan fingerprint density at radius 2 is 1.95 bits per heavy atom. The van der Waals surface area contributed by atoms with Crippen LogP contribution in [-0.4, -0.2) is 12.3 Å². The van der Waals surface area contributed by atoms with Gasteiger partial charge < -0.3 is 10.5 Å². The number of amides is 1. The van der Waals surface area contributed by atoms with Crippen LogP contribution in [0.25, 0.3) is 11.1 Å². The highest BCUT2D eigenvalue weighted by molar-refractivity contribution is 7.12. The number of para-hydroxylation sites is 1. The summed E-state index contributed by atoms with van der Waals surface area (Å²) in [5.41, 5.74) is 5.82. The molecule has 3 nitrogen and oxygen atoms in total. The molecule has 0 bridgehead atoms. The van der Waals surface area contributed by atoms with E-state index in [1.54, 1.807) is 11.4 Å². The molecule has 2 N–H and O–H groups in total. The number of rotatable bonds is 3. The van der Waals surface area contributed by atoms with Crippen molar-refractivity contribution in [3.8, 4) is 16.9 Å². The van der Waals surface area contributed by atoms with Gasteiger partial charge in [0, 0.05) is 5.56 Å². The minimum absolute atomic E-state index is 0.253. The third-order valence-electron chi connectivity index (χ3n) is 2.27. The topological polar surface area (TPSA) is 52.3 Å². The molecule has 1 aromatic heterocycles. The first-order valence-electron chi connectivity index (χ1n) is 5.10. The molecule has 1 aromatic carbocycles. The fourth-order valence-electron chi connectivity index (χ4n) is 1.53. The van der Waals surface area contributed by atoms with E-state index in [2.05, 4.69) is 4.74 Å². The molecule has 1 heterocycles. The predicted octanol–water partition coefficient (Wildman–Crippen LogP) is 3.41. The molecule has 0 spiro atoms. The number of alkyl halides is 3. The van der Waals surface area contributed by atoms with Gasteiger partial charge in [-0.2, -0.15) is 0 Å². The van der Waals surface area contributed by atoms with Gasteiger partial charge in [0.1, 0.15) is 5.75 Å². The molecule has 0 aliphatic rings. The molecule has 0 radical (unpaired) electrons. The van der Waals surface area contributed by atoms with Crippen molar-refractivity contribution in [2.45, 2.75) is 6.36 Å². The second-order valence-corrected chi connectivity index (χ2v) is 4.52. The van der Waals surface area contributed by atoms with Crippen LogP contribution >= 0.6 is 11.3 Å². The van der Waals surface area contributed by atoms with E-state index in [9.17, 15) is 18.0 Å². The van der Waals surface area contributed by atoms with Crippen LogP contribution in [0, 0.1) is 0 Å². The molecule has 0 unspecified atom stereocenters. The molecule has 0 atom stereocenters. The SMILES string of the molecule is NC(=O)c1cc(-c2ccccc2OC(F)(F)F)cs1. The number of nitrogens with two attached hydrogens (primary N) is 1. The van der Waals surface area contributed by atoms with Gasteiger partial charge in [0.2, 0.25) is 0 Å². The van der Waals surface area contributed by atoms with Crippen molar-refractivity contribution < 1.29 is 22.7 Å². The van der Waals surface area contributed by atoms with Gasteiger partial charge in [-0.05, 0) is 23.1 Å². The minimum atomic E-state index is -4.77. The zero-order valence-electron chi connectivity index (χ0n) is 9.40. The summed E-state index contributed by atoms with van der Waals surface area (Å²) in [5, 5.41) is 1.55. The lowest BCUT2D eigenvalue weighted by Crippen LogP contribution is -2.17. The molecule has 2 aromatic rings. The zero-order chi connectivity index (χ0) is 14.0. The normalized spacial score (nSPS) is 11.3. The monoisotopic (exact) mass is 287 g/mol. The summed E-state index contributed by atoms with van der Waals surface area (Å²) in [6, 6.07) is 7.15. The van der Waals surface area contributed by atoms with Gasteiger partial charge in [-0.3, -0.25) is 4.79 Å². The lowest BCUT2D eigenvalue weighted by Gasteiger charge is -2.12. The van der Waals surface area contributed by atoms with E-state index in [1.165, 1.54) is 24.3 Å². The van der Waals surface area contributed by atoms with Gasteiger partial charge in [-0.25, -0.2) is 0 Å². The molecule has 100 valence electrons. The van der Waals surface area contributed by atoms with Crippen LogP contribution in [0.1, 0.15) is 9.67 Å². The third-order valence-corrected chi connectivity index (χ3v) is 3.21. The van der Waals surface area contributed by atoms with Gasteiger partial charge in [0.25, 0.3) is 5.91 Å². The van der Waals surface area contributed by atoms with Crippen molar-refractivity contribution in [1.29, 1.82) is 0 Å². The average molecular weight is 287 g/mol. The molecule has 2 rings (SSSR count). The van der Waals surface area contributed by atoms with E-state index < -0.39 is 12.3 Å². The van der Waals surface area contributed by atoms with Crippen molar-refractivity contribution in [3.63, 3.8) is 0 Å². The Morgan fingerprint density at radius 1 is 1.26 bits per heavy atom. The van der Waals surface area contributed by atoms with Crippen LogP contribution < -0.4 is 10.5 Å². The summed E-state index contributed by atoms with van der Waals surface area (Å²) in [6.07, 6.45) is -4.77. The fraction of sp³-hybridized carbons (Fsp3) is 0.0833. The van der Waals surface area contributed by atoms with E-state index in [0.717, 1.165) is 11.3 Å². The minimum Gasteiger partial charge on any atom is -0.405 e. The third kappa shape index (κ3) is 3.25. The molecule has 0 fully saturated rings. The highest BCUT2D eigenvalue weighted by atomic mass is 32.1. The van der Waals surface area contributed by atoms with Crippen molar-refractivity contribution in [2.24, 2.45) is 5.73 Å². The number of benzene rings is 1. The lowest BCUT2D eigenvalue weighted by molar-refractivity contribution is -0.274. The van der Waals surface area contributed by atoms with Gasteiger partial charge in [-0.15, -0.1) is 24.5 Å². The molecule has 0 saturated carbocycles. The molecule has 1 amide bonds. The number of primary amides is 1. The Kier molecular flexibility index (Phi) is 3.48. The van der Waals surface area contributed by atoms with Gasteiger partial charge in [0.05, 0.1) is 4.88 Å². The average Bonchev–Trinajstić information content (AvgIpc) is 2.76. The summed E-state index contributed by atoms with van der Waals surface area (Å²) >= 11 is 1.07. The lowest BCUT2D eigenvalue weighted by atomic mass is 10.1. The maximum absolute atomic E-state index is 12.3. The van der Waals surface area contributed by atoms with Crippen LogP contribution in [0.4, 0.5) is 13.2 Å². The number of halogens is 3. The molecule has 19 heavy (non-hydrogen) atoms. The maximum atomic E-state index is 12.3. The van der Waals surface area contributed by atoms with E-state index in [0.29, 0.717) is 5.56 Å². The standard InChI is InChI=1S/C12H8F3NO2S/c13-12(14,15)18-9-4-2-1-3-8(9)7-5-10(11(16)17)19-6-7/h1-6H,(H2,16,17). The van der Waals surface area contributed by atoms with Crippen LogP contribution in [0.15, 0.2) is 35.7 Å². The van der Waals surface area contributed by atoms with Crippen molar-refractivity contribution in [2.75, 3.05) is 0 Å². The van der Waals surface area contributed by atoms with Crippen LogP contribution in [0.2, 0.25) is 0 Å². The maximum Gasteiger partial charge on any atom is 0.573 e. The van der Waals surface area contributed by atoms with E-state index in [1.807, 2.05) is 0 Å².